The summed E-state index contributed by atoms with van der Waals surface area (Å²) in [5, 5.41) is 0. The van der Waals surface area contributed by atoms with Gasteiger partial charge in [0, 0.05) is 35.4 Å². The highest BCUT2D eigenvalue weighted by Gasteiger charge is 2.67. The monoisotopic (exact) mass is 339 g/mol. The number of rotatable bonds is 3. The van der Waals surface area contributed by atoms with Crippen LogP contribution in [0.1, 0.15) is 48.4 Å². The molecule has 0 saturated heterocycles. The van der Waals surface area contributed by atoms with Crippen molar-refractivity contribution in [2.45, 2.75) is 27.7 Å². The Morgan fingerprint density at radius 3 is 1.84 bits per heavy atom. The van der Waals surface area contributed by atoms with Crippen molar-refractivity contribution in [1.29, 1.82) is 0 Å². The number of Topliss-reactive ketones (excluding diaryl/α,β-unsaturated/α-hetero) is 3. The molecule has 1 heterocycles. The van der Waals surface area contributed by atoms with E-state index in [1.807, 2.05) is 13.8 Å². The molecule has 1 spiro atoms. The minimum absolute atomic E-state index is 0.0659. The molecule has 1 aromatic carbocycles. The molecule has 0 radical (unpaired) electrons. The first-order chi connectivity index (χ1) is 11.7. The normalized spacial score (nSPS) is 19.0. The lowest BCUT2D eigenvalue weighted by molar-refractivity contribution is -0.131. The van der Waals surface area contributed by atoms with Gasteiger partial charge in [-0.3, -0.25) is 19.2 Å². The third-order valence-corrected chi connectivity index (χ3v) is 5.03. The van der Waals surface area contributed by atoms with Gasteiger partial charge in [0.1, 0.15) is 0 Å². The van der Waals surface area contributed by atoms with E-state index in [2.05, 4.69) is 0 Å². The Morgan fingerprint density at radius 1 is 0.960 bits per heavy atom. The van der Waals surface area contributed by atoms with Gasteiger partial charge in [0.2, 0.25) is 5.41 Å². The number of benzene rings is 1. The van der Waals surface area contributed by atoms with Crippen LogP contribution in [0.4, 0.5) is 0 Å². The molecule has 25 heavy (non-hydrogen) atoms. The number of ketones is 3. The Bertz CT molecular complexity index is 825. The minimum Gasteiger partial charge on any atom is -0.317 e. The van der Waals surface area contributed by atoms with Gasteiger partial charge in [-0.2, -0.15) is 0 Å². The van der Waals surface area contributed by atoms with Gasteiger partial charge in [0.15, 0.2) is 17.3 Å². The summed E-state index contributed by atoms with van der Waals surface area (Å²) in [6, 6.07) is 6.40. The van der Waals surface area contributed by atoms with Gasteiger partial charge < -0.3 is 4.90 Å². The standard InChI is InChI=1S/C20H21NO4/c1-10(2)15-14(16(22)11(3)4)20(19(25)21(15)5)17(23)12-8-6-7-9-13(12)18(20)24/h6-11H,1-5H3. The van der Waals surface area contributed by atoms with Gasteiger partial charge in [-0.05, 0) is 5.92 Å². The number of amides is 1. The summed E-state index contributed by atoms with van der Waals surface area (Å²) in [6.45, 7) is 7.12. The second-order valence-corrected chi connectivity index (χ2v) is 7.25. The second-order valence-electron chi connectivity index (χ2n) is 7.25. The van der Waals surface area contributed by atoms with Crippen LogP contribution in [-0.4, -0.2) is 35.2 Å². The first-order valence-electron chi connectivity index (χ1n) is 8.43. The number of nitrogens with zero attached hydrogens (tertiary/aromatic N) is 1. The zero-order chi connectivity index (χ0) is 18.7. The summed E-state index contributed by atoms with van der Waals surface area (Å²) < 4.78 is 0. The van der Waals surface area contributed by atoms with E-state index in [0.717, 1.165) is 0 Å². The molecule has 1 amide bonds. The van der Waals surface area contributed by atoms with Gasteiger partial charge in [-0.1, -0.05) is 52.0 Å². The molecule has 0 fully saturated rings. The van der Waals surface area contributed by atoms with Gasteiger partial charge >= 0.3 is 0 Å². The van der Waals surface area contributed by atoms with Crippen LogP contribution in [0.2, 0.25) is 0 Å². The molecular formula is C20H21NO4. The van der Waals surface area contributed by atoms with Gasteiger partial charge in [-0.15, -0.1) is 0 Å². The van der Waals surface area contributed by atoms with Crippen molar-refractivity contribution in [3.8, 4) is 0 Å². The number of hydrogen-bond donors (Lipinski definition) is 0. The Morgan fingerprint density at radius 2 is 1.44 bits per heavy atom. The molecule has 2 aliphatic rings. The third kappa shape index (κ3) is 1.95. The highest BCUT2D eigenvalue weighted by molar-refractivity contribution is 6.44. The number of allylic oxidation sites excluding steroid dienone is 1. The first-order valence-corrected chi connectivity index (χ1v) is 8.43. The maximum Gasteiger partial charge on any atom is 0.253 e. The Balaban J connectivity index is 2.38. The molecule has 0 atom stereocenters. The van der Waals surface area contributed by atoms with Crippen molar-refractivity contribution in [2.75, 3.05) is 7.05 Å². The van der Waals surface area contributed by atoms with Crippen LogP contribution in [0.3, 0.4) is 0 Å². The molecule has 130 valence electrons. The summed E-state index contributed by atoms with van der Waals surface area (Å²) in [7, 11) is 1.53. The van der Waals surface area contributed by atoms with Crippen molar-refractivity contribution >= 4 is 23.3 Å². The Kier molecular flexibility index (Phi) is 3.78. The lowest BCUT2D eigenvalue weighted by atomic mass is 9.72. The third-order valence-electron chi connectivity index (χ3n) is 5.03. The number of carbonyl (C=O) groups is 4. The predicted molar refractivity (Wildman–Crippen MR) is 92.0 cm³/mol. The maximum absolute atomic E-state index is 13.2. The molecule has 3 rings (SSSR count). The summed E-state index contributed by atoms with van der Waals surface area (Å²) in [5.41, 5.74) is -1.07. The number of hydrogen-bond acceptors (Lipinski definition) is 4. The van der Waals surface area contributed by atoms with Crippen LogP contribution in [0.5, 0.6) is 0 Å². The Hall–Kier alpha value is -2.56. The molecule has 5 nitrogen and oxygen atoms in total. The highest BCUT2D eigenvalue weighted by atomic mass is 16.2. The maximum atomic E-state index is 13.2. The predicted octanol–water partition coefficient (Wildman–Crippen LogP) is 2.66. The van der Waals surface area contributed by atoms with Crippen molar-refractivity contribution < 1.29 is 19.2 Å². The van der Waals surface area contributed by atoms with E-state index in [9.17, 15) is 19.2 Å². The highest BCUT2D eigenvalue weighted by Crippen LogP contribution is 2.51. The van der Waals surface area contributed by atoms with Crippen molar-refractivity contribution in [3.05, 3.63) is 46.7 Å². The summed E-state index contributed by atoms with van der Waals surface area (Å²) in [4.78, 5) is 54.0. The summed E-state index contributed by atoms with van der Waals surface area (Å²) >= 11 is 0. The fourth-order valence-corrected chi connectivity index (χ4v) is 3.91. The van der Waals surface area contributed by atoms with Gasteiger partial charge in [0.25, 0.3) is 5.91 Å². The van der Waals surface area contributed by atoms with E-state index in [1.54, 1.807) is 38.1 Å². The van der Waals surface area contributed by atoms with Crippen LogP contribution >= 0.6 is 0 Å². The molecule has 1 aliphatic heterocycles. The number of fused-ring (bicyclic) bond motifs is 1. The number of carbonyl (C=O) groups excluding carboxylic acids is 4. The van der Waals surface area contributed by atoms with Crippen molar-refractivity contribution in [2.24, 2.45) is 17.3 Å². The van der Waals surface area contributed by atoms with E-state index in [0.29, 0.717) is 5.70 Å². The van der Waals surface area contributed by atoms with Crippen LogP contribution in [0.15, 0.2) is 35.5 Å². The van der Waals surface area contributed by atoms with Crippen LogP contribution in [0.25, 0.3) is 0 Å². The quantitative estimate of drug-likeness (QED) is 0.794. The molecule has 0 bridgehead atoms. The second kappa shape index (κ2) is 5.48. The fraction of sp³-hybridized carbons (Fsp3) is 0.400. The minimum atomic E-state index is -2.04. The molecular weight excluding hydrogens is 318 g/mol. The molecule has 0 aromatic heterocycles. The lowest BCUT2D eigenvalue weighted by Crippen LogP contribution is -2.46. The zero-order valence-electron chi connectivity index (χ0n) is 15.0. The smallest absolute Gasteiger partial charge is 0.253 e. The van der Waals surface area contributed by atoms with E-state index < -0.39 is 28.8 Å². The van der Waals surface area contributed by atoms with E-state index >= 15 is 0 Å². The van der Waals surface area contributed by atoms with E-state index in [-0.39, 0.29) is 28.4 Å². The molecule has 0 saturated carbocycles. The van der Waals surface area contributed by atoms with Crippen LogP contribution in [0, 0.1) is 17.3 Å². The Labute approximate surface area is 146 Å². The van der Waals surface area contributed by atoms with Gasteiger partial charge in [0.05, 0.1) is 0 Å². The van der Waals surface area contributed by atoms with E-state index in [1.165, 1.54) is 11.9 Å². The SMILES string of the molecule is CC(C)C(=O)C1=C(C(C)C)N(C)C(=O)C12C(=O)c1ccccc1C2=O. The summed E-state index contributed by atoms with van der Waals surface area (Å²) in [5.74, 6) is -2.70. The zero-order valence-corrected chi connectivity index (χ0v) is 15.0. The van der Waals surface area contributed by atoms with Gasteiger partial charge in [-0.25, -0.2) is 0 Å². The van der Waals surface area contributed by atoms with Crippen molar-refractivity contribution in [3.63, 3.8) is 0 Å². The van der Waals surface area contributed by atoms with E-state index in [4.69, 9.17) is 0 Å². The largest absolute Gasteiger partial charge is 0.317 e. The fourth-order valence-electron chi connectivity index (χ4n) is 3.91. The average Bonchev–Trinajstić information content (AvgIpc) is 2.94. The molecule has 0 unspecified atom stereocenters. The molecule has 1 aliphatic carbocycles. The first kappa shape index (κ1) is 17.3. The molecule has 1 aromatic rings. The average molecular weight is 339 g/mol. The lowest BCUT2D eigenvalue weighted by Gasteiger charge is -2.22. The topological polar surface area (TPSA) is 71.5 Å². The summed E-state index contributed by atoms with van der Waals surface area (Å²) in [6.07, 6.45) is 0. The van der Waals surface area contributed by atoms with Crippen LogP contribution in [-0.2, 0) is 9.59 Å². The van der Waals surface area contributed by atoms with Crippen molar-refractivity contribution in [1.82, 2.24) is 4.90 Å². The molecule has 0 N–H and O–H groups in total. The molecule has 5 heteroatoms. The van der Waals surface area contributed by atoms with Crippen LogP contribution < -0.4 is 0 Å².